The Labute approximate surface area is 117 Å². The Morgan fingerprint density at radius 2 is 2.20 bits per heavy atom. The molecular weight excluding hydrogens is 257 g/mol. The molecule has 0 aliphatic heterocycles. The second kappa shape index (κ2) is 4.62. The van der Waals surface area contributed by atoms with E-state index in [2.05, 4.69) is 0 Å². The van der Waals surface area contributed by atoms with Crippen molar-refractivity contribution in [3.8, 4) is 0 Å². The average Bonchev–Trinajstić information content (AvgIpc) is 3.17. The molecule has 106 valence electrons. The number of benzene rings is 1. The molecule has 2 aromatic rings. The first-order valence-corrected chi connectivity index (χ1v) is 6.95. The minimum atomic E-state index is -0.856. The molecule has 20 heavy (non-hydrogen) atoms. The zero-order chi connectivity index (χ0) is 14.4. The summed E-state index contributed by atoms with van der Waals surface area (Å²) in [5, 5.41) is 9.64. The minimum Gasteiger partial charge on any atom is -0.481 e. The van der Waals surface area contributed by atoms with Crippen LogP contribution in [-0.2, 0) is 11.8 Å². The third-order valence-electron chi connectivity index (χ3n) is 4.42. The highest BCUT2D eigenvalue weighted by molar-refractivity contribution is 5.83. The van der Waals surface area contributed by atoms with Crippen LogP contribution in [0.1, 0.15) is 36.4 Å². The summed E-state index contributed by atoms with van der Waals surface area (Å²) in [6, 6.07) is 5.50. The van der Waals surface area contributed by atoms with E-state index >= 15 is 0 Å². The van der Waals surface area contributed by atoms with Crippen LogP contribution in [0.15, 0.2) is 18.2 Å². The van der Waals surface area contributed by atoms with Crippen molar-refractivity contribution in [1.29, 1.82) is 0 Å². The lowest BCUT2D eigenvalue weighted by Crippen LogP contribution is -2.10. The molecule has 1 aromatic heterocycles. The molecule has 1 aliphatic rings. The molecule has 0 saturated heterocycles. The zero-order valence-electron chi connectivity index (χ0n) is 11.7. The molecule has 4 heteroatoms. The fraction of sp³-hybridized carbons (Fsp3) is 0.438. The number of hydrogen-bond donors (Lipinski definition) is 1. The summed E-state index contributed by atoms with van der Waals surface area (Å²) in [5.41, 5.74) is 2.42. The Hall–Kier alpha value is -1.84. The van der Waals surface area contributed by atoms with E-state index in [1.54, 1.807) is 6.07 Å². The van der Waals surface area contributed by atoms with Gasteiger partial charge in [0.05, 0.1) is 11.9 Å². The maximum atomic E-state index is 14.7. The van der Waals surface area contributed by atoms with Gasteiger partial charge in [-0.2, -0.15) is 0 Å². The van der Waals surface area contributed by atoms with Crippen molar-refractivity contribution in [3.63, 3.8) is 0 Å². The van der Waals surface area contributed by atoms with Gasteiger partial charge in [-0.15, -0.1) is 0 Å². The Balaban J connectivity index is 2.10. The number of carbonyl (C=O) groups is 1. The molecule has 0 amide bonds. The van der Waals surface area contributed by atoms with Crippen molar-refractivity contribution in [2.24, 2.45) is 13.0 Å². The lowest BCUT2D eigenvalue weighted by atomic mass is 9.90. The summed E-state index contributed by atoms with van der Waals surface area (Å²) in [7, 11) is 1.91. The van der Waals surface area contributed by atoms with Crippen molar-refractivity contribution < 1.29 is 14.3 Å². The summed E-state index contributed by atoms with van der Waals surface area (Å²) in [6.07, 6.45) is 2.02. The number of carboxylic acid groups (broad SMARTS) is 1. The van der Waals surface area contributed by atoms with Gasteiger partial charge in [-0.3, -0.25) is 4.79 Å². The molecular formula is C16H18FNO2. The number of halogens is 1. The van der Waals surface area contributed by atoms with Crippen molar-refractivity contribution in [2.45, 2.75) is 32.1 Å². The normalized spacial score (nSPS) is 16.6. The van der Waals surface area contributed by atoms with Gasteiger partial charge in [0.25, 0.3) is 0 Å². The highest BCUT2D eigenvalue weighted by Crippen LogP contribution is 2.46. The van der Waals surface area contributed by atoms with Crippen LogP contribution in [-0.4, -0.2) is 15.6 Å². The maximum absolute atomic E-state index is 14.7. The molecule has 3 nitrogen and oxygen atoms in total. The van der Waals surface area contributed by atoms with Gasteiger partial charge in [0, 0.05) is 24.0 Å². The molecule has 0 bridgehead atoms. The van der Waals surface area contributed by atoms with Gasteiger partial charge in [-0.05, 0) is 43.4 Å². The number of rotatable bonds is 4. The topological polar surface area (TPSA) is 42.2 Å². The van der Waals surface area contributed by atoms with E-state index < -0.39 is 5.97 Å². The standard InChI is InChI=1S/C16H18FNO2/c1-9-7-13-14(18(9)2)6-5-11(16(13)17)12(8-15(19)20)10-3-4-10/h5-7,10,12H,3-4,8H2,1-2H3,(H,19,20). The lowest BCUT2D eigenvalue weighted by molar-refractivity contribution is -0.137. The first-order valence-electron chi connectivity index (χ1n) is 6.95. The quantitative estimate of drug-likeness (QED) is 0.926. The molecule has 1 unspecified atom stereocenters. The number of fused-ring (bicyclic) bond motifs is 1. The van der Waals surface area contributed by atoms with E-state index in [4.69, 9.17) is 5.11 Å². The minimum absolute atomic E-state index is 0.0128. The number of aliphatic carboxylic acids is 1. The summed E-state index contributed by atoms with van der Waals surface area (Å²) in [6.45, 7) is 1.94. The van der Waals surface area contributed by atoms with Crippen LogP contribution in [0.25, 0.3) is 10.9 Å². The molecule has 3 rings (SSSR count). The van der Waals surface area contributed by atoms with E-state index in [0.29, 0.717) is 16.9 Å². The largest absolute Gasteiger partial charge is 0.481 e. The van der Waals surface area contributed by atoms with Crippen molar-refractivity contribution in [3.05, 3.63) is 35.3 Å². The lowest BCUT2D eigenvalue weighted by Gasteiger charge is -2.16. The number of nitrogens with zero attached hydrogens (tertiary/aromatic N) is 1. The SMILES string of the molecule is Cc1cc2c(F)c(C(CC(=O)O)C3CC3)ccc2n1C. The average molecular weight is 275 g/mol. The van der Waals surface area contributed by atoms with Crippen LogP contribution in [0.2, 0.25) is 0 Å². The van der Waals surface area contributed by atoms with Gasteiger partial charge in [0.1, 0.15) is 5.82 Å². The van der Waals surface area contributed by atoms with Gasteiger partial charge in [-0.25, -0.2) is 4.39 Å². The molecule has 1 atom stereocenters. The number of aryl methyl sites for hydroxylation is 2. The van der Waals surface area contributed by atoms with Crippen LogP contribution < -0.4 is 0 Å². The van der Waals surface area contributed by atoms with Crippen LogP contribution in [0, 0.1) is 18.7 Å². The van der Waals surface area contributed by atoms with Crippen molar-refractivity contribution in [1.82, 2.24) is 4.57 Å². The summed E-state index contributed by atoms with van der Waals surface area (Å²) >= 11 is 0. The predicted molar refractivity (Wildman–Crippen MR) is 75.3 cm³/mol. The molecule has 1 fully saturated rings. The fourth-order valence-corrected chi connectivity index (χ4v) is 3.03. The van der Waals surface area contributed by atoms with E-state index in [-0.39, 0.29) is 18.2 Å². The summed E-state index contributed by atoms with van der Waals surface area (Å²) in [5.74, 6) is -0.977. The summed E-state index contributed by atoms with van der Waals surface area (Å²) < 4.78 is 16.7. The van der Waals surface area contributed by atoms with E-state index in [1.807, 2.05) is 30.7 Å². The highest BCUT2D eigenvalue weighted by Gasteiger charge is 2.35. The molecule has 1 aliphatic carbocycles. The molecule has 0 spiro atoms. The Kier molecular flexibility index (Phi) is 3.04. The monoisotopic (exact) mass is 275 g/mol. The van der Waals surface area contributed by atoms with Crippen LogP contribution >= 0.6 is 0 Å². The highest BCUT2D eigenvalue weighted by atomic mass is 19.1. The van der Waals surface area contributed by atoms with Crippen LogP contribution in [0.3, 0.4) is 0 Å². The molecule has 1 saturated carbocycles. The van der Waals surface area contributed by atoms with Gasteiger partial charge in [0.2, 0.25) is 0 Å². The molecule has 1 heterocycles. The van der Waals surface area contributed by atoms with Crippen molar-refractivity contribution in [2.75, 3.05) is 0 Å². The van der Waals surface area contributed by atoms with Crippen LogP contribution in [0.5, 0.6) is 0 Å². The second-order valence-electron chi connectivity index (χ2n) is 5.79. The first kappa shape index (κ1) is 13.2. The van der Waals surface area contributed by atoms with Gasteiger partial charge < -0.3 is 9.67 Å². The molecule has 1 aromatic carbocycles. The van der Waals surface area contributed by atoms with Crippen LogP contribution in [0.4, 0.5) is 4.39 Å². The maximum Gasteiger partial charge on any atom is 0.303 e. The van der Waals surface area contributed by atoms with Gasteiger partial charge >= 0.3 is 5.97 Å². The third kappa shape index (κ3) is 2.09. The Morgan fingerprint density at radius 1 is 1.50 bits per heavy atom. The number of carboxylic acids is 1. The fourth-order valence-electron chi connectivity index (χ4n) is 3.03. The molecule has 0 radical (unpaired) electrons. The summed E-state index contributed by atoms with van der Waals surface area (Å²) in [4.78, 5) is 11.0. The van der Waals surface area contributed by atoms with Gasteiger partial charge in [-0.1, -0.05) is 6.07 Å². The van der Waals surface area contributed by atoms with E-state index in [0.717, 1.165) is 24.1 Å². The zero-order valence-corrected chi connectivity index (χ0v) is 11.7. The third-order valence-corrected chi connectivity index (χ3v) is 4.42. The van der Waals surface area contributed by atoms with E-state index in [1.165, 1.54) is 0 Å². The predicted octanol–water partition coefficient (Wildman–Crippen LogP) is 3.59. The number of aromatic nitrogens is 1. The van der Waals surface area contributed by atoms with E-state index in [9.17, 15) is 9.18 Å². The first-order chi connectivity index (χ1) is 9.49. The molecule has 1 N–H and O–H groups in total. The van der Waals surface area contributed by atoms with Gasteiger partial charge in [0.15, 0.2) is 0 Å². The second-order valence-corrected chi connectivity index (χ2v) is 5.79. The number of hydrogen-bond acceptors (Lipinski definition) is 1. The smallest absolute Gasteiger partial charge is 0.303 e. The Morgan fingerprint density at radius 3 is 2.80 bits per heavy atom. The Bertz CT molecular complexity index is 685. The van der Waals surface area contributed by atoms with Crippen molar-refractivity contribution >= 4 is 16.9 Å².